The lowest BCUT2D eigenvalue weighted by Gasteiger charge is -2.02. The average Bonchev–Trinajstić information content (AvgIpc) is 2.14. The smallest absolute Gasteiger partial charge is 0.319 e. The molecule has 0 atom stereocenters. The molecule has 0 spiro atoms. The number of unbranched alkanes of at least 4 members (excludes halogenated alkanes) is 6. The Morgan fingerprint density at radius 2 is 1.47 bits per heavy atom. The summed E-state index contributed by atoms with van der Waals surface area (Å²) in [6, 6.07) is 0. The molecule has 0 heterocycles. The van der Waals surface area contributed by atoms with Gasteiger partial charge in [-0.3, -0.25) is 9.36 Å². The van der Waals surface area contributed by atoms with E-state index in [9.17, 15) is 9.36 Å². The number of carbonyl (C=O) groups is 1. The van der Waals surface area contributed by atoms with E-state index in [1.807, 2.05) is 0 Å². The molecule has 0 radical (unpaired) electrons. The van der Waals surface area contributed by atoms with Gasteiger partial charge in [0.1, 0.15) is 0 Å². The fourth-order valence-electron chi connectivity index (χ4n) is 1.38. The highest BCUT2D eigenvalue weighted by Crippen LogP contribution is 2.37. The summed E-state index contributed by atoms with van der Waals surface area (Å²) in [7, 11) is -4.46. The Balaban J connectivity index is 3.32. The van der Waals surface area contributed by atoms with Crippen molar-refractivity contribution in [2.75, 3.05) is 0 Å². The van der Waals surface area contributed by atoms with E-state index in [0.717, 1.165) is 19.3 Å². The van der Waals surface area contributed by atoms with Crippen LogP contribution in [0.2, 0.25) is 0 Å². The molecule has 0 saturated heterocycles. The fourth-order valence-corrected chi connectivity index (χ4v) is 1.83. The number of hydrogen-bond acceptors (Lipinski definition) is 2. The molecule has 0 amide bonds. The van der Waals surface area contributed by atoms with Crippen molar-refractivity contribution in [3.8, 4) is 0 Å². The zero-order valence-corrected chi connectivity index (χ0v) is 10.2. The summed E-state index contributed by atoms with van der Waals surface area (Å²) in [5.41, 5.74) is -0.920. The Labute approximate surface area is 91.2 Å². The quantitative estimate of drug-likeness (QED) is 0.477. The van der Waals surface area contributed by atoms with E-state index in [-0.39, 0.29) is 6.42 Å². The van der Waals surface area contributed by atoms with Gasteiger partial charge in [0.05, 0.1) is 0 Å². The van der Waals surface area contributed by atoms with Crippen LogP contribution in [0.15, 0.2) is 0 Å². The van der Waals surface area contributed by atoms with E-state index in [1.165, 1.54) is 19.3 Å². The van der Waals surface area contributed by atoms with E-state index in [1.54, 1.807) is 0 Å². The van der Waals surface area contributed by atoms with Gasteiger partial charge in [0.15, 0.2) is 0 Å². The van der Waals surface area contributed by atoms with Gasteiger partial charge in [0.25, 0.3) is 0 Å². The molecule has 5 heteroatoms. The summed E-state index contributed by atoms with van der Waals surface area (Å²) >= 11 is 0. The minimum atomic E-state index is -4.46. The fraction of sp³-hybridized carbons (Fsp3) is 0.900. The molecule has 15 heavy (non-hydrogen) atoms. The third-order valence-corrected chi connectivity index (χ3v) is 3.19. The lowest BCUT2D eigenvalue weighted by molar-refractivity contribution is -0.113. The van der Waals surface area contributed by atoms with Gasteiger partial charge < -0.3 is 9.79 Å². The average molecular weight is 236 g/mol. The van der Waals surface area contributed by atoms with Gasteiger partial charge in [-0.25, -0.2) is 0 Å². The first-order valence-corrected chi connectivity index (χ1v) is 7.18. The van der Waals surface area contributed by atoms with E-state index in [0.29, 0.717) is 6.42 Å². The molecule has 2 N–H and O–H groups in total. The molecular formula is C10H21O4P. The monoisotopic (exact) mass is 236 g/mol. The molecule has 0 aliphatic heterocycles. The first kappa shape index (κ1) is 14.8. The molecule has 90 valence electrons. The molecule has 0 aromatic heterocycles. The van der Waals surface area contributed by atoms with E-state index >= 15 is 0 Å². The number of rotatable bonds is 9. The van der Waals surface area contributed by atoms with Crippen LogP contribution in [0.1, 0.15) is 58.3 Å². The van der Waals surface area contributed by atoms with Crippen molar-refractivity contribution in [3.05, 3.63) is 0 Å². The van der Waals surface area contributed by atoms with Gasteiger partial charge in [0, 0.05) is 6.42 Å². The van der Waals surface area contributed by atoms with Crippen LogP contribution in [0.4, 0.5) is 0 Å². The second-order valence-corrected chi connectivity index (χ2v) is 5.40. The Morgan fingerprint density at radius 1 is 1.00 bits per heavy atom. The Kier molecular flexibility index (Phi) is 7.93. The van der Waals surface area contributed by atoms with E-state index in [4.69, 9.17) is 9.79 Å². The molecule has 4 nitrogen and oxygen atoms in total. The summed E-state index contributed by atoms with van der Waals surface area (Å²) in [6.07, 6.45) is 7.34. The third-order valence-electron chi connectivity index (χ3n) is 2.32. The van der Waals surface area contributed by atoms with Crippen LogP contribution < -0.4 is 0 Å². The largest absolute Gasteiger partial charge is 0.391 e. The summed E-state index contributed by atoms with van der Waals surface area (Å²) in [5.74, 6) is 0. The minimum Gasteiger partial charge on any atom is -0.319 e. The molecule has 0 saturated carbocycles. The van der Waals surface area contributed by atoms with Crippen LogP contribution in [-0.4, -0.2) is 15.3 Å². The van der Waals surface area contributed by atoms with Crippen LogP contribution in [0.25, 0.3) is 0 Å². The van der Waals surface area contributed by atoms with Gasteiger partial charge in [-0.05, 0) is 6.42 Å². The first-order valence-electron chi connectivity index (χ1n) is 5.57. The number of hydrogen-bond donors (Lipinski definition) is 2. The van der Waals surface area contributed by atoms with Gasteiger partial charge in [-0.1, -0.05) is 45.4 Å². The second-order valence-electron chi connectivity index (χ2n) is 3.81. The molecule has 0 aliphatic carbocycles. The molecule has 0 rings (SSSR count). The highest BCUT2D eigenvalue weighted by atomic mass is 31.2. The van der Waals surface area contributed by atoms with Crippen molar-refractivity contribution in [2.45, 2.75) is 58.3 Å². The Hall–Kier alpha value is -0.180. The van der Waals surface area contributed by atoms with Crippen molar-refractivity contribution < 1.29 is 19.1 Å². The summed E-state index contributed by atoms with van der Waals surface area (Å²) in [4.78, 5) is 27.9. The zero-order chi connectivity index (χ0) is 11.7. The van der Waals surface area contributed by atoms with Crippen molar-refractivity contribution in [3.63, 3.8) is 0 Å². The molecule has 0 fully saturated rings. The Bertz CT molecular complexity index is 221. The molecule has 0 bridgehead atoms. The first-order chi connectivity index (χ1) is 6.98. The van der Waals surface area contributed by atoms with Crippen molar-refractivity contribution >= 4 is 13.1 Å². The Morgan fingerprint density at radius 3 is 1.93 bits per heavy atom. The predicted molar refractivity (Wildman–Crippen MR) is 59.7 cm³/mol. The third kappa shape index (κ3) is 8.79. The molecule has 0 unspecified atom stereocenters. The van der Waals surface area contributed by atoms with Gasteiger partial charge in [-0.2, -0.15) is 0 Å². The zero-order valence-electron chi connectivity index (χ0n) is 9.31. The maximum atomic E-state index is 10.8. The molecule has 0 aromatic rings. The SMILES string of the molecule is CCCCCCCCCC(=O)P(=O)(O)O. The second kappa shape index (κ2) is 8.03. The molecule has 0 aromatic carbocycles. The van der Waals surface area contributed by atoms with Crippen LogP contribution in [0, 0.1) is 0 Å². The van der Waals surface area contributed by atoms with Crippen LogP contribution in [-0.2, 0) is 9.36 Å². The van der Waals surface area contributed by atoms with E-state index in [2.05, 4.69) is 6.92 Å². The van der Waals surface area contributed by atoms with Crippen molar-refractivity contribution in [1.29, 1.82) is 0 Å². The molecule has 0 aliphatic rings. The van der Waals surface area contributed by atoms with Crippen molar-refractivity contribution in [1.82, 2.24) is 0 Å². The summed E-state index contributed by atoms with van der Waals surface area (Å²) in [5, 5.41) is 0. The number of carbonyl (C=O) groups excluding carboxylic acids is 1. The standard InChI is InChI=1S/C10H21O4P/c1-2-3-4-5-6-7-8-9-10(11)15(12,13)14/h2-9H2,1H3,(H2,12,13,14). The maximum absolute atomic E-state index is 10.8. The normalized spacial score (nSPS) is 11.7. The lowest BCUT2D eigenvalue weighted by Crippen LogP contribution is -1.98. The minimum absolute atomic E-state index is 0.0120. The predicted octanol–water partition coefficient (Wildman–Crippen LogP) is 2.83. The van der Waals surface area contributed by atoms with E-state index < -0.39 is 13.1 Å². The van der Waals surface area contributed by atoms with Gasteiger partial charge in [-0.15, -0.1) is 0 Å². The summed E-state index contributed by atoms with van der Waals surface area (Å²) < 4.78 is 10.5. The summed E-state index contributed by atoms with van der Waals surface area (Å²) in [6.45, 7) is 2.15. The highest BCUT2D eigenvalue weighted by molar-refractivity contribution is 7.70. The van der Waals surface area contributed by atoms with Crippen LogP contribution in [0.3, 0.4) is 0 Å². The molecular weight excluding hydrogens is 215 g/mol. The van der Waals surface area contributed by atoms with Crippen LogP contribution >= 0.6 is 7.60 Å². The topological polar surface area (TPSA) is 74.6 Å². The van der Waals surface area contributed by atoms with Gasteiger partial charge >= 0.3 is 7.60 Å². The lowest BCUT2D eigenvalue weighted by atomic mass is 10.1. The van der Waals surface area contributed by atoms with Gasteiger partial charge in [0.2, 0.25) is 5.52 Å². The maximum Gasteiger partial charge on any atom is 0.391 e. The van der Waals surface area contributed by atoms with Crippen LogP contribution in [0.5, 0.6) is 0 Å². The highest BCUT2D eigenvalue weighted by Gasteiger charge is 2.24. The van der Waals surface area contributed by atoms with Crippen molar-refractivity contribution in [2.24, 2.45) is 0 Å².